The number of rotatable bonds is 3. The van der Waals surface area contributed by atoms with Gasteiger partial charge in [-0.1, -0.05) is 18.3 Å². The van der Waals surface area contributed by atoms with Crippen molar-refractivity contribution < 1.29 is 5.11 Å². The summed E-state index contributed by atoms with van der Waals surface area (Å²) >= 11 is 1.70. The van der Waals surface area contributed by atoms with Gasteiger partial charge in [0.15, 0.2) is 5.13 Å². The van der Waals surface area contributed by atoms with Crippen LogP contribution in [0.3, 0.4) is 0 Å². The van der Waals surface area contributed by atoms with Crippen molar-refractivity contribution in [2.24, 2.45) is 5.92 Å². The second-order valence-electron chi connectivity index (χ2n) is 5.92. The summed E-state index contributed by atoms with van der Waals surface area (Å²) in [6, 6.07) is 0.589. The molecule has 2 heterocycles. The van der Waals surface area contributed by atoms with Gasteiger partial charge in [-0.3, -0.25) is 0 Å². The number of thiazole rings is 1. The molecule has 1 aromatic heterocycles. The van der Waals surface area contributed by atoms with Crippen LogP contribution in [0.25, 0.3) is 0 Å². The molecule has 100 valence electrons. The Morgan fingerprint density at radius 3 is 2.72 bits per heavy atom. The van der Waals surface area contributed by atoms with E-state index in [9.17, 15) is 5.11 Å². The van der Waals surface area contributed by atoms with E-state index >= 15 is 0 Å². The quantitative estimate of drug-likeness (QED) is 0.913. The zero-order valence-electron chi connectivity index (χ0n) is 11.2. The first-order valence-corrected chi connectivity index (χ1v) is 7.87. The van der Waals surface area contributed by atoms with Crippen LogP contribution in [0.5, 0.6) is 0 Å². The third-order valence-corrected chi connectivity index (χ3v) is 5.28. The van der Waals surface area contributed by atoms with Gasteiger partial charge in [0.1, 0.15) is 0 Å². The molecule has 4 heteroatoms. The SMILES string of the molecule is CC1CCC(C)N(c2nc(C3CC3)c(CO)s2)C1. The van der Waals surface area contributed by atoms with Crippen molar-refractivity contribution in [3.63, 3.8) is 0 Å². The van der Waals surface area contributed by atoms with Crippen molar-refractivity contribution in [1.82, 2.24) is 4.98 Å². The maximum absolute atomic E-state index is 9.48. The lowest BCUT2D eigenvalue weighted by atomic mass is 9.96. The van der Waals surface area contributed by atoms with E-state index in [0.717, 1.165) is 22.5 Å². The minimum Gasteiger partial charge on any atom is -0.391 e. The van der Waals surface area contributed by atoms with E-state index in [-0.39, 0.29) is 6.61 Å². The minimum atomic E-state index is 0.154. The smallest absolute Gasteiger partial charge is 0.186 e. The number of anilines is 1. The van der Waals surface area contributed by atoms with Crippen molar-refractivity contribution >= 4 is 16.5 Å². The Morgan fingerprint density at radius 2 is 2.06 bits per heavy atom. The molecule has 1 aromatic rings. The van der Waals surface area contributed by atoms with Crippen LogP contribution in [-0.2, 0) is 6.61 Å². The van der Waals surface area contributed by atoms with Gasteiger partial charge in [-0.2, -0.15) is 0 Å². The van der Waals surface area contributed by atoms with E-state index in [2.05, 4.69) is 18.7 Å². The van der Waals surface area contributed by atoms with Crippen LogP contribution in [0, 0.1) is 5.92 Å². The third kappa shape index (κ3) is 2.28. The molecule has 18 heavy (non-hydrogen) atoms. The Hall–Kier alpha value is -0.610. The fourth-order valence-electron chi connectivity index (χ4n) is 2.82. The standard InChI is InChI=1S/C14H22N2OS/c1-9-3-4-10(2)16(7-9)14-15-13(11-5-6-11)12(8-17)18-14/h9-11,17H,3-8H2,1-2H3. The molecule has 1 aliphatic heterocycles. The Kier molecular flexibility index (Phi) is 3.32. The van der Waals surface area contributed by atoms with Crippen molar-refractivity contribution in [1.29, 1.82) is 0 Å². The van der Waals surface area contributed by atoms with Gasteiger partial charge in [0, 0.05) is 18.5 Å². The molecule has 0 spiro atoms. The average Bonchev–Trinajstić information content (AvgIpc) is 3.12. The summed E-state index contributed by atoms with van der Waals surface area (Å²) in [5, 5.41) is 10.6. The minimum absolute atomic E-state index is 0.154. The lowest BCUT2D eigenvalue weighted by Gasteiger charge is -2.36. The Bertz CT molecular complexity index is 427. The van der Waals surface area contributed by atoms with Gasteiger partial charge in [0.2, 0.25) is 0 Å². The van der Waals surface area contributed by atoms with Crippen LogP contribution >= 0.6 is 11.3 Å². The van der Waals surface area contributed by atoms with Gasteiger partial charge in [0.25, 0.3) is 0 Å². The summed E-state index contributed by atoms with van der Waals surface area (Å²) in [6.45, 7) is 5.88. The number of nitrogens with zero attached hydrogens (tertiary/aromatic N) is 2. The Morgan fingerprint density at radius 1 is 1.28 bits per heavy atom. The maximum atomic E-state index is 9.48. The van der Waals surface area contributed by atoms with Gasteiger partial charge in [-0.05, 0) is 38.5 Å². The number of hydrogen-bond donors (Lipinski definition) is 1. The van der Waals surface area contributed by atoms with Crippen molar-refractivity contribution in [2.45, 2.75) is 58.1 Å². The first-order valence-electron chi connectivity index (χ1n) is 7.06. The van der Waals surface area contributed by atoms with Crippen LogP contribution in [-0.4, -0.2) is 22.7 Å². The van der Waals surface area contributed by atoms with Gasteiger partial charge in [-0.15, -0.1) is 0 Å². The molecular weight excluding hydrogens is 244 g/mol. The molecule has 1 saturated carbocycles. The molecule has 2 unspecified atom stereocenters. The zero-order valence-corrected chi connectivity index (χ0v) is 12.0. The molecule has 0 amide bonds. The number of aliphatic hydroxyl groups is 1. The Labute approximate surface area is 113 Å². The summed E-state index contributed by atoms with van der Waals surface area (Å²) in [7, 11) is 0. The molecule has 1 aliphatic carbocycles. The molecule has 1 N–H and O–H groups in total. The highest BCUT2D eigenvalue weighted by atomic mass is 32.1. The predicted molar refractivity (Wildman–Crippen MR) is 75.2 cm³/mol. The first-order chi connectivity index (χ1) is 8.69. The van der Waals surface area contributed by atoms with E-state index in [4.69, 9.17) is 4.98 Å². The fraction of sp³-hybridized carbons (Fsp3) is 0.786. The van der Waals surface area contributed by atoms with E-state index in [1.165, 1.54) is 31.4 Å². The molecule has 0 aromatic carbocycles. The predicted octanol–water partition coefficient (Wildman–Crippen LogP) is 3.14. The second-order valence-corrected chi connectivity index (χ2v) is 6.98. The van der Waals surface area contributed by atoms with Crippen molar-refractivity contribution in [2.75, 3.05) is 11.4 Å². The van der Waals surface area contributed by atoms with Crippen LogP contribution < -0.4 is 4.90 Å². The summed E-state index contributed by atoms with van der Waals surface area (Å²) < 4.78 is 0. The highest BCUT2D eigenvalue weighted by Crippen LogP contribution is 2.44. The topological polar surface area (TPSA) is 36.4 Å². The first kappa shape index (κ1) is 12.4. The van der Waals surface area contributed by atoms with Crippen LogP contribution in [0.2, 0.25) is 0 Å². The highest BCUT2D eigenvalue weighted by molar-refractivity contribution is 7.15. The molecule has 3 rings (SSSR count). The number of piperidine rings is 1. The molecule has 0 bridgehead atoms. The Balaban J connectivity index is 1.86. The normalized spacial score (nSPS) is 28.7. The molecule has 0 radical (unpaired) electrons. The molecule has 2 atom stereocenters. The third-order valence-electron chi connectivity index (χ3n) is 4.19. The highest BCUT2D eigenvalue weighted by Gasteiger charge is 2.32. The van der Waals surface area contributed by atoms with E-state index in [0.29, 0.717) is 12.0 Å². The number of hydrogen-bond acceptors (Lipinski definition) is 4. The summed E-state index contributed by atoms with van der Waals surface area (Å²) in [6.07, 6.45) is 5.09. The van der Waals surface area contributed by atoms with Crippen LogP contribution in [0.15, 0.2) is 0 Å². The van der Waals surface area contributed by atoms with Gasteiger partial charge in [0.05, 0.1) is 17.2 Å². The van der Waals surface area contributed by atoms with Gasteiger partial charge < -0.3 is 10.0 Å². The molecule has 2 fully saturated rings. The largest absolute Gasteiger partial charge is 0.391 e. The van der Waals surface area contributed by atoms with Crippen LogP contribution in [0.4, 0.5) is 5.13 Å². The molecule has 2 aliphatic rings. The van der Waals surface area contributed by atoms with Gasteiger partial charge in [-0.25, -0.2) is 4.98 Å². The van der Waals surface area contributed by atoms with Crippen molar-refractivity contribution in [3.8, 4) is 0 Å². The molecular formula is C14H22N2OS. The van der Waals surface area contributed by atoms with Crippen LogP contribution in [0.1, 0.15) is 56.0 Å². The maximum Gasteiger partial charge on any atom is 0.186 e. The van der Waals surface area contributed by atoms with E-state index in [1.807, 2.05) is 0 Å². The lowest BCUT2D eigenvalue weighted by molar-refractivity contribution is 0.284. The zero-order chi connectivity index (χ0) is 12.7. The fourth-order valence-corrected chi connectivity index (χ4v) is 3.94. The van der Waals surface area contributed by atoms with E-state index < -0.39 is 0 Å². The summed E-state index contributed by atoms with van der Waals surface area (Å²) in [5.41, 5.74) is 1.18. The van der Waals surface area contributed by atoms with E-state index in [1.54, 1.807) is 11.3 Å². The number of aliphatic hydroxyl groups excluding tert-OH is 1. The van der Waals surface area contributed by atoms with Crippen molar-refractivity contribution in [3.05, 3.63) is 10.6 Å². The monoisotopic (exact) mass is 266 g/mol. The molecule has 1 saturated heterocycles. The summed E-state index contributed by atoms with van der Waals surface area (Å²) in [4.78, 5) is 8.38. The molecule has 3 nitrogen and oxygen atoms in total. The summed E-state index contributed by atoms with van der Waals surface area (Å²) in [5.74, 6) is 1.39. The second kappa shape index (κ2) is 4.82. The lowest BCUT2D eigenvalue weighted by Crippen LogP contribution is -2.41. The average molecular weight is 266 g/mol. The van der Waals surface area contributed by atoms with Gasteiger partial charge >= 0.3 is 0 Å². The number of aromatic nitrogens is 1.